The van der Waals surface area contributed by atoms with Crippen molar-refractivity contribution in [3.8, 4) is 0 Å². The number of carboxylic acids is 1. The Hall–Kier alpha value is -1.91. The lowest BCUT2D eigenvalue weighted by Gasteiger charge is -2.03. The van der Waals surface area contributed by atoms with Gasteiger partial charge in [0.25, 0.3) is 0 Å². The Balaban J connectivity index is 3.07. The number of amides is 1. The molecule has 0 bridgehead atoms. The van der Waals surface area contributed by atoms with Crippen molar-refractivity contribution in [1.82, 2.24) is 0 Å². The smallest absolute Gasteiger partial charge is 0.335 e. The van der Waals surface area contributed by atoms with Crippen LogP contribution >= 0.6 is 0 Å². The molecule has 0 saturated carbocycles. The molecule has 0 aromatic heterocycles. The van der Waals surface area contributed by atoms with Crippen molar-refractivity contribution >= 4 is 17.6 Å². The molecule has 74 valence electrons. The molecule has 0 unspecified atom stereocenters. The number of nitrogens with one attached hydrogen (secondary N) is 1. The minimum Gasteiger partial charge on any atom is -0.478 e. The van der Waals surface area contributed by atoms with Crippen molar-refractivity contribution < 1.29 is 19.1 Å². The van der Waals surface area contributed by atoms with E-state index in [4.69, 9.17) is 5.11 Å². The van der Waals surface area contributed by atoms with Crippen molar-refractivity contribution in [3.05, 3.63) is 29.6 Å². The molecule has 0 heterocycles. The van der Waals surface area contributed by atoms with Gasteiger partial charge < -0.3 is 10.4 Å². The van der Waals surface area contributed by atoms with Gasteiger partial charge in [0.2, 0.25) is 5.91 Å². The summed E-state index contributed by atoms with van der Waals surface area (Å²) in [7, 11) is 0. The second-order valence-corrected chi connectivity index (χ2v) is 2.71. The van der Waals surface area contributed by atoms with Gasteiger partial charge in [-0.1, -0.05) is 0 Å². The van der Waals surface area contributed by atoms with E-state index in [1.54, 1.807) is 0 Å². The fraction of sp³-hybridized carbons (Fsp3) is 0.111. The summed E-state index contributed by atoms with van der Waals surface area (Å²) in [5.41, 5.74) is -0.0661. The summed E-state index contributed by atoms with van der Waals surface area (Å²) in [5.74, 6) is -2.32. The Morgan fingerprint density at radius 1 is 1.36 bits per heavy atom. The first kappa shape index (κ1) is 10.2. The van der Waals surface area contributed by atoms with Gasteiger partial charge in [0, 0.05) is 12.6 Å². The lowest BCUT2D eigenvalue weighted by molar-refractivity contribution is -0.114. The molecule has 1 aromatic carbocycles. The Labute approximate surface area is 79.4 Å². The topological polar surface area (TPSA) is 66.4 Å². The van der Waals surface area contributed by atoms with Crippen LogP contribution in [0.4, 0.5) is 10.1 Å². The molecule has 1 amide bonds. The molecular weight excluding hydrogens is 189 g/mol. The lowest BCUT2D eigenvalue weighted by Crippen LogP contribution is -2.07. The normalized spacial score (nSPS) is 9.57. The number of carbonyl (C=O) groups is 2. The number of hydrogen-bond acceptors (Lipinski definition) is 2. The minimum absolute atomic E-state index is 0.134. The fourth-order valence-electron chi connectivity index (χ4n) is 0.989. The maximum absolute atomic E-state index is 12.8. The number of rotatable bonds is 2. The highest BCUT2D eigenvalue weighted by molar-refractivity contribution is 5.92. The molecule has 2 N–H and O–H groups in total. The Morgan fingerprint density at radius 3 is 2.50 bits per heavy atom. The molecule has 0 saturated heterocycles. The lowest BCUT2D eigenvalue weighted by atomic mass is 10.2. The van der Waals surface area contributed by atoms with Crippen LogP contribution in [0.3, 0.4) is 0 Å². The summed E-state index contributed by atoms with van der Waals surface area (Å²) in [4.78, 5) is 21.1. The van der Waals surface area contributed by atoms with Crippen molar-refractivity contribution in [1.29, 1.82) is 0 Å². The highest BCUT2D eigenvalue weighted by atomic mass is 19.1. The number of aromatic carboxylic acids is 1. The zero-order valence-electron chi connectivity index (χ0n) is 7.37. The van der Waals surface area contributed by atoms with Crippen LogP contribution in [0.5, 0.6) is 0 Å². The number of benzene rings is 1. The van der Waals surface area contributed by atoms with Gasteiger partial charge in [-0.05, 0) is 18.2 Å². The van der Waals surface area contributed by atoms with Crippen molar-refractivity contribution in [3.63, 3.8) is 0 Å². The molecule has 0 atom stereocenters. The molecule has 0 radical (unpaired) electrons. The highest BCUT2D eigenvalue weighted by Crippen LogP contribution is 2.13. The molecule has 5 heteroatoms. The Kier molecular flexibility index (Phi) is 2.81. The third-order valence-electron chi connectivity index (χ3n) is 1.47. The highest BCUT2D eigenvalue weighted by Gasteiger charge is 2.07. The molecule has 0 aliphatic rings. The SMILES string of the molecule is CC(=O)Nc1cc(F)cc(C(=O)O)c1. The molecule has 4 nitrogen and oxygen atoms in total. The van der Waals surface area contributed by atoms with Crippen LogP contribution in [0.2, 0.25) is 0 Å². The van der Waals surface area contributed by atoms with Crippen LogP contribution in [0, 0.1) is 5.82 Å². The summed E-state index contributed by atoms with van der Waals surface area (Å²) in [6, 6.07) is 3.12. The number of carboxylic acid groups (broad SMARTS) is 1. The van der Waals surface area contributed by atoms with E-state index in [1.807, 2.05) is 0 Å². The second kappa shape index (κ2) is 3.87. The molecule has 14 heavy (non-hydrogen) atoms. The van der Waals surface area contributed by atoms with E-state index >= 15 is 0 Å². The summed E-state index contributed by atoms with van der Waals surface area (Å²) < 4.78 is 12.8. The molecule has 0 fully saturated rings. The predicted octanol–water partition coefficient (Wildman–Crippen LogP) is 1.48. The van der Waals surface area contributed by atoms with Crippen LogP contribution < -0.4 is 5.32 Å². The average Bonchev–Trinajstić information content (AvgIpc) is 2.01. The third kappa shape index (κ3) is 2.55. The van der Waals surface area contributed by atoms with Crippen LogP contribution in [0.15, 0.2) is 18.2 Å². The number of carbonyl (C=O) groups excluding carboxylic acids is 1. The monoisotopic (exact) mass is 197 g/mol. The van der Waals surface area contributed by atoms with E-state index in [0.717, 1.165) is 12.1 Å². The molecule has 0 aliphatic carbocycles. The van der Waals surface area contributed by atoms with E-state index in [9.17, 15) is 14.0 Å². The first-order chi connectivity index (χ1) is 6.49. The predicted molar refractivity (Wildman–Crippen MR) is 47.7 cm³/mol. The van der Waals surface area contributed by atoms with Crippen molar-refractivity contribution in [2.24, 2.45) is 0 Å². The van der Waals surface area contributed by atoms with Crippen LogP contribution in [0.1, 0.15) is 17.3 Å². The van der Waals surface area contributed by atoms with Gasteiger partial charge in [-0.2, -0.15) is 0 Å². The van der Waals surface area contributed by atoms with E-state index in [-0.39, 0.29) is 17.2 Å². The summed E-state index contributed by atoms with van der Waals surface area (Å²) >= 11 is 0. The summed E-state index contributed by atoms with van der Waals surface area (Å²) in [6.45, 7) is 1.26. The molecule has 0 spiro atoms. The molecule has 1 aromatic rings. The third-order valence-corrected chi connectivity index (χ3v) is 1.47. The van der Waals surface area contributed by atoms with Gasteiger partial charge in [-0.25, -0.2) is 9.18 Å². The zero-order chi connectivity index (χ0) is 10.7. The summed E-state index contributed by atoms with van der Waals surface area (Å²) in [6.07, 6.45) is 0. The van der Waals surface area contributed by atoms with Crippen LogP contribution in [-0.2, 0) is 4.79 Å². The quantitative estimate of drug-likeness (QED) is 0.754. The second-order valence-electron chi connectivity index (χ2n) is 2.71. The Bertz CT molecular complexity index is 390. The van der Waals surface area contributed by atoms with Gasteiger partial charge in [0.1, 0.15) is 5.82 Å². The molecule has 1 rings (SSSR count). The largest absolute Gasteiger partial charge is 0.478 e. The average molecular weight is 197 g/mol. The van der Waals surface area contributed by atoms with E-state index in [1.165, 1.54) is 13.0 Å². The van der Waals surface area contributed by atoms with Gasteiger partial charge >= 0.3 is 5.97 Å². The van der Waals surface area contributed by atoms with Gasteiger partial charge in [-0.3, -0.25) is 4.79 Å². The Morgan fingerprint density at radius 2 is 2.00 bits per heavy atom. The van der Waals surface area contributed by atoms with E-state index < -0.39 is 11.8 Å². The first-order valence-electron chi connectivity index (χ1n) is 3.80. The number of halogens is 1. The van der Waals surface area contributed by atoms with Crippen molar-refractivity contribution in [2.75, 3.05) is 5.32 Å². The van der Waals surface area contributed by atoms with Crippen LogP contribution in [-0.4, -0.2) is 17.0 Å². The van der Waals surface area contributed by atoms with Gasteiger partial charge in [0.15, 0.2) is 0 Å². The maximum atomic E-state index is 12.8. The van der Waals surface area contributed by atoms with Crippen LogP contribution in [0.25, 0.3) is 0 Å². The van der Waals surface area contributed by atoms with Gasteiger partial charge in [-0.15, -0.1) is 0 Å². The minimum atomic E-state index is -1.24. The summed E-state index contributed by atoms with van der Waals surface area (Å²) in [5, 5.41) is 10.9. The first-order valence-corrected chi connectivity index (χ1v) is 3.80. The molecular formula is C9H8FNO3. The van der Waals surface area contributed by atoms with Crippen molar-refractivity contribution in [2.45, 2.75) is 6.92 Å². The van der Waals surface area contributed by atoms with E-state index in [2.05, 4.69) is 5.32 Å². The molecule has 0 aliphatic heterocycles. The van der Waals surface area contributed by atoms with Gasteiger partial charge in [0.05, 0.1) is 5.56 Å². The maximum Gasteiger partial charge on any atom is 0.335 e. The number of anilines is 1. The fourth-order valence-corrected chi connectivity index (χ4v) is 0.989. The van der Waals surface area contributed by atoms with E-state index in [0.29, 0.717) is 0 Å². The standard InChI is InChI=1S/C9H8FNO3/c1-5(12)11-8-3-6(9(13)14)2-7(10)4-8/h2-4H,1H3,(H,11,12)(H,13,14). The number of hydrogen-bond donors (Lipinski definition) is 2. The zero-order valence-corrected chi connectivity index (χ0v) is 7.37.